The lowest BCUT2D eigenvalue weighted by Crippen LogP contribution is -2.10. The molecule has 0 aromatic heterocycles. The highest BCUT2D eigenvalue weighted by molar-refractivity contribution is 5.81. The standard InChI is InChI=1S/C8H12F2O2/c1-3-12-8(11)5-4-7(10)6(2)9/h4-7H,3H2,1-2H3/b5-4+. The molecule has 0 spiro atoms. The summed E-state index contributed by atoms with van der Waals surface area (Å²) in [6, 6.07) is 0. The monoisotopic (exact) mass is 178 g/mol. The first-order valence-corrected chi connectivity index (χ1v) is 3.71. The van der Waals surface area contributed by atoms with Gasteiger partial charge in [0.1, 0.15) is 12.3 Å². The van der Waals surface area contributed by atoms with Crippen LogP contribution in [0, 0.1) is 0 Å². The van der Waals surface area contributed by atoms with E-state index in [-0.39, 0.29) is 6.61 Å². The lowest BCUT2D eigenvalue weighted by atomic mass is 10.2. The maximum absolute atomic E-state index is 12.5. The fourth-order valence-electron chi connectivity index (χ4n) is 0.514. The maximum Gasteiger partial charge on any atom is 0.330 e. The van der Waals surface area contributed by atoms with Crippen LogP contribution in [0.1, 0.15) is 13.8 Å². The van der Waals surface area contributed by atoms with Crippen LogP contribution >= 0.6 is 0 Å². The fourth-order valence-corrected chi connectivity index (χ4v) is 0.514. The minimum Gasteiger partial charge on any atom is -0.463 e. The van der Waals surface area contributed by atoms with Gasteiger partial charge in [0, 0.05) is 6.08 Å². The molecule has 0 radical (unpaired) electrons. The predicted molar refractivity (Wildman–Crippen MR) is 41.2 cm³/mol. The summed E-state index contributed by atoms with van der Waals surface area (Å²) in [5.41, 5.74) is 0. The van der Waals surface area contributed by atoms with Crippen molar-refractivity contribution < 1.29 is 18.3 Å². The van der Waals surface area contributed by atoms with Crippen molar-refractivity contribution in [3.05, 3.63) is 12.2 Å². The van der Waals surface area contributed by atoms with Crippen molar-refractivity contribution in [2.45, 2.75) is 26.2 Å². The second-order valence-corrected chi connectivity index (χ2v) is 2.23. The van der Waals surface area contributed by atoms with Crippen LogP contribution in [0.25, 0.3) is 0 Å². The number of alkyl halides is 2. The zero-order chi connectivity index (χ0) is 9.56. The van der Waals surface area contributed by atoms with Crippen molar-refractivity contribution in [3.63, 3.8) is 0 Å². The van der Waals surface area contributed by atoms with Gasteiger partial charge in [-0.05, 0) is 19.9 Å². The Kier molecular flexibility index (Phi) is 5.25. The second kappa shape index (κ2) is 5.69. The number of hydrogen-bond donors (Lipinski definition) is 0. The summed E-state index contributed by atoms with van der Waals surface area (Å²) in [5.74, 6) is -0.652. The van der Waals surface area contributed by atoms with Gasteiger partial charge in [0.25, 0.3) is 0 Å². The largest absolute Gasteiger partial charge is 0.463 e. The number of ether oxygens (including phenoxy) is 1. The average Bonchev–Trinajstić information content (AvgIpc) is 2.00. The molecule has 0 aromatic rings. The lowest BCUT2D eigenvalue weighted by Gasteiger charge is -2.01. The van der Waals surface area contributed by atoms with Crippen LogP contribution in [-0.4, -0.2) is 24.9 Å². The molecule has 0 fully saturated rings. The van der Waals surface area contributed by atoms with Crippen LogP contribution in [0.2, 0.25) is 0 Å². The van der Waals surface area contributed by atoms with Crippen molar-refractivity contribution in [1.82, 2.24) is 0 Å². The first kappa shape index (κ1) is 11.1. The predicted octanol–water partition coefficient (Wildman–Crippen LogP) is 1.80. The van der Waals surface area contributed by atoms with Crippen molar-refractivity contribution in [1.29, 1.82) is 0 Å². The molecule has 2 nitrogen and oxygen atoms in total. The molecule has 4 heteroatoms. The van der Waals surface area contributed by atoms with Crippen LogP contribution in [0.5, 0.6) is 0 Å². The Morgan fingerprint density at radius 3 is 2.58 bits per heavy atom. The molecule has 0 saturated carbocycles. The third-order valence-electron chi connectivity index (χ3n) is 1.14. The lowest BCUT2D eigenvalue weighted by molar-refractivity contribution is -0.137. The minimum atomic E-state index is -1.74. The van der Waals surface area contributed by atoms with E-state index < -0.39 is 18.3 Å². The number of allylic oxidation sites excluding steroid dienone is 1. The molecule has 70 valence electrons. The van der Waals surface area contributed by atoms with E-state index >= 15 is 0 Å². The van der Waals surface area contributed by atoms with Gasteiger partial charge < -0.3 is 4.74 Å². The van der Waals surface area contributed by atoms with Gasteiger partial charge in [-0.2, -0.15) is 0 Å². The highest BCUT2D eigenvalue weighted by Crippen LogP contribution is 2.04. The molecule has 0 saturated heterocycles. The van der Waals surface area contributed by atoms with Gasteiger partial charge in [0.2, 0.25) is 0 Å². The average molecular weight is 178 g/mol. The fraction of sp³-hybridized carbons (Fsp3) is 0.625. The summed E-state index contributed by atoms with van der Waals surface area (Å²) in [5, 5.41) is 0. The van der Waals surface area contributed by atoms with E-state index in [1.54, 1.807) is 6.92 Å². The van der Waals surface area contributed by atoms with Gasteiger partial charge in [-0.3, -0.25) is 0 Å². The second-order valence-electron chi connectivity index (χ2n) is 2.23. The van der Waals surface area contributed by atoms with E-state index in [2.05, 4.69) is 4.74 Å². The van der Waals surface area contributed by atoms with Gasteiger partial charge in [0.05, 0.1) is 6.61 Å². The third-order valence-corrected chi connectivity index (χ3v) is 1.14. The molecule has 0 aliphatic carbocycles. The number of carbonyl (C=O) groups is 1. The van der Waals surface area contributed by atoms with Crippen molar-refractivity contribution in [3.8, 4) is 0 Å². The van der Waals surface area contributed by atoms with E-state index in [0.29, 0.717) is 0 Å². The Hall–Kier alpha value is -0.930. The highest BCUT2D eigenvalue weighted by atomic mass is 19.2. The Balaban J connectivity index is 3.81. The molecular formula is C8H12F2O2. The van der Waals surface area contributed by atoms with Crippen LogP contribution in [0.3, 0.4) is 0 Å². The quantitative estimate of drug-likeness (QED) is 0.484. The zero-order valence-electron chi connectivity index (χ0n) is 7.09. The third kappa shape index (κ3) is 4.82. The van der Waals surface area contributed by atoms with E-state index in [0.717, 1.165) is 19.1 Å². The summed E-state index contributed by atoms with van der Waals surface area (Å²) >= 11 is 0. The van der Waals surface area contributed by atoms with Crippen molar-refractivity contribution in [2.75, 3.05) is 6.61 Å². The molecule has 0 N–H and O–H groups in total. The van der Waals surface area contributed by atoms with Gasteiger partial charge >= 0.3 is 5.97 Å². The molecular weight excluding hydrogens is 166 g/mol. The highest BCUT2D eigenvalue weighted by Gasteiger charge is 2.11. The number of carbonyl (C=O) groups excluding carboxylic acids is 1. The molecule has 2 atom stereocenters. The van der Waals surface area contributed by atoms with Crippen LogP contribution in [-0.2, 0) is 9.53 Å². The topological polar surface area (TPSA) is 26.3 Å². The Morgan fingerprint density at radius 1 is 1.58 bits per heavy atom. The van der Waals surface area contributed by atoms with Gasteiger partial charge in [0.15, 0.2) is 0 Å². The molecule has 0 aromatic carbocycles. The summed E-state index contributed by atoms with van der Waals surface area (Å²) in [4.78, 5) is 10.6. The molecule has 0 rings (SSSR count). The molecule has 0 amide bonds. The van der Waals surface area contributed by atoms with Crippen LogP contribution in [0.4, 0.5) is 8.78 Å². The maximum atomic E-state index is 12.5. The van der Waals surface area contributed by atoms with E-state index in [1.807, 2.05) is 0 Å². The van der Waals surface area contributed by atoms with Crippen molar-refractivity contribution in [2.24, 2.45) is 0 Å². The number of esters is 1. The van der Waals surface area contributed by atoms with Crippen molar-refractivity contribution >= 4 is 5.97 Å². The molecule has 0 heterocycles. The molecule has 12 heavy (non-hydrogen) atoms. The SMILES string of the molecule is CCOC(=O)/C=C/C(F)C(C)F. The van der Waals surface area contributed by atoms with Gasteiger partial charge in [-0.1, -0.05) is 0 Å². The molecule has 2 unspecified atom stereocenters. The summed E-state index contributed by atoms with van der Waals surface area (Å²) in [6.45, 7) is 2.95. The van der Waals surface area contributed by atoms with E-state index in [4.69, 9.17) is 0 Å². The van der Waals surface area contributed by atoms with E-state index in [1.165, 1.54) is 0 Å². The first-order chi connectivity index (χ1) is 5.57. The summed E-state index contributed by atoms with van der Waals surface area (Å²) in [7, 11) is 0. The first-order valence-electron chi connectivity index (χ1n) is 3.71. The van der Waals surface area contributed by atoms with E-state index in [9.17, 15) is 13.6 Å². The zero-order valence-corrected chi connectivity index (χ0v) is 7.09. The van der Waals surface area contributed by atoms with Crippen LogP contribution < -0.4 is 0 Å². The van der Waals surface area contributed by atoms with Gasteiger partial charge in [-0.25, -0.2) is 13.6 Å². The Bertz CT molecular complexity index is 166. The number of hydrogen-bond acceptors (Lipinski definition) is 2. The normalized spacial score (nSPS) is 16.0. The number of rotatable bonds is 4. The van der Waals surface area contributed by atoms with Crippen LogP contribution in [0.15, 0.2) is 12.2 Å². The Labute approximate surface area is 70.2 Å². The van der Waals surface area contributed by atoms with Gasteiger partial charge in [-0.15, -0.1) is 0 Å². The summed E-state index contributed by atoms with van der Waals surface area (Å²) in [6.07, 6.45) is -1.60. The molecule has 0 bridgehead atoms. The minimum absolute atomic E-state index is 0.227. The Morgan fingerprint density at radius 2 is 2.17 bits per heavy atom. The molecule has 0 aliphatic rings. The molecule has 0 aliphatic heterocycles. The number of halogens is 2. The smallest absolute Gasteiger partial charge is 0.330 e. The summed E-state index contributed by atoms with van der Waals surface area (Å²) < 4.78 is 29.1.